The van der Waals surface area contributed by atoms with Crippen LogP contribution in [0, 0.1) is 12.1 Å². The molecule has 2 atom stereocenters. The third-order valence-electron chi connectivity index (χ3n) is 8.95. The molecule has 67 heavy (non-hydrogen) atoms. The minimum Gasteiger partial charge on any atom is -0.744 e. The fourth-order valence-electron chi connectivity index (χ4n) is 6.10. The standard InChI is InChI=1S/C42H44N10O9S2.4Na/c1-27(54)24-51(3)41-47-38(46-39(49-41)43-33-7-5-4-6-8-33)23-31-14-16-32(36(21-31)63(59,60)61)15-13-29-9-11-30(12-10-29)22-37-45-40(50-42(48-37)52(26-53)25-28(2)55)44-34-17-19-35(20-18-34)62(56,57)58;;;;/h5-9,11-21,27-28,53-55H,22-26H2,1-3H3,(H,56,57,58)(H,59,60,61)(H,43,46,47,49)(H,44,45,48,50);;;;/q-2;4*+1/p-2/b15-13+;;;;. The second-order valence-electron chi connectivity index (χ2n) is 14.4. The summed E-state index contributed by atoms with van der Waals surface area (Å²) in [4.78, 5) is 29.0. The Bertz CT molecular complexity index is 2780. The molecule has 4 aromatic carbocycles. The smallest absolute Gasteiger partial charge is 0.744 e. The van der Waals surface area contributed by atoms with Crippen molar-refractivity contribution in [1.29, 1.82) is 0 Å². The summed E-state index contributed by atoms with van der Waals surface area (Å²) in [6, 6.07) is 27.7. The molecule has 19 nitrogen and oxygen atoms in total. The largest absolute Gasteiger partial charge is 1.00 e. The normalized spacial score (nSPS) is 12.1. The van der Waals surface area contributed by atoms with Gasteiger partial charge in [-0.15, -0.1) is 48.0 Å². The first kappa shape index (κ1) is 60.7. The molecular weight excluding hydrogens is 945 g/mol. The minimum absolute atomic E-state index is 0. The molecule has 2 aromatic heterocycles. The van der Waals surface area contributed by atoms with Crippen molar-refractivity contribution in [1.82, 2.24) is 29.9 Å². The van der Waals surface area contributed by atoms with Crippen molar-refractivity contribution < 1.29 is 159 Å². The molecule has 0 bridgehead atoms. The Morgan fingerprint density at radius 1 is 0.687 bits per heavy atom. The Morgan fingerprint density at radius 2 is 1.24 bits per heavy atom. The molecule has 0 radical (unpaired) electrons. The number of aliphatic hydroxyl groups excluding tert-OH is 3. The second kappa shape index (κ2) is 27.8. The predicted octanol–water partition coefficient (Wildman–Crippen LogP) is -8.73. The Hall–Kier alpha value is -2.46. The zero-order chi connectivity index (χ0) is 45.3. The summed E-state index contributed by atoms with van der Waals surface area (Å²) in [5, 5.41) is 36.0. The van der Waals surface area contributed by atoms with Crippen LogP contribution in [-0.2, 0) is 33.1 Å². The summed E-state index contributed by atoms with van der Waals surface area (Å²) in [6.45, 7) is 2.88. The molecule has 0 spiro atoms. The maximum atomic E-state index is 12.5. The number of nitrogens with zero attached hydrogens (tertiary/aromatic N) is 8. The van der Waals surface area contributed by atoms with E-state index >= 15 is 0 Å². The van der Waals surface area contributed by atoms with Gasteiger partial charge < -0.3 is 44.9 Å². The van der Waals surface area contributed by atoms with Gasteiger partial charge in [0.25, 0.3) is 0 Å². The van der Waals surface area contributed by atoms with Gasteiger partial charge >= 0.3 is 118 Å². The molecule has 2 heterocycles. The predicted molar refractivity (Wildman–Crippen MR) is 231 cm³/mol. The molecular formula is C42H42N10Na4O9S2. The van der Waals surface area contributed by atoms with Crippen LogP contribution >= 0.6 is 0 Å². The summed E-state index contributed by atoms with van der Waals surface area (Å²) in [6.07, 6.45) is 1.80. The van der Waals surface area contributed by atoms with Gasteiger partial charge in [-0.05, 0) is 61.7 Å². The molecule has 6 rings (SSSR count). The van der Waals surface area contributed by atoms with E-state index in [2.05, 4.69) is 52.7 Å². The number of hydrogen-bond donors (Lipinski definition) is 5. The fraction of sp³-hybridized carbons (Fsp3) is 0.238. The van der Waals surface area contributed by atoms with Gasteiger partial charge in [0.1, 0.15) is 38.6 Å². The van der Waals surface area contributed by atoms with Crippen molar-refractivity contribution >= 4 is 67.6 Å². The molecule has 0 fully saturated rings. The SMILES string of the molecule is CC(O)CN(C)c1nc(Cc2ccc(/C=C/c3[c-]cc(Cc4nc(Nc5ccc(S(=O)(=O)[O-])cc5)nc(N(CO)CC(C)O)n4)cc3)c(S(=O)(=O)[O-])c2)nc(Nc2cc[c-]cc2)n1.[Na+].[Na+].[Na+].[Na+]. The quantitative estimate of drug-likeness (QED) is 0.0166. The van der Waals surface area contributed by atoms with Crippen LogP contribution in [0.1, 0.15) is 47.8 Å². The van der Waals surface area contributed by atoms with Crippen LogP contribution in [0.15, 0.2) is 94.7 Å². The Labute approximate surface area is 478 Å². The van der Waals surface area contributed by atoms with Crippen LogP contribution < -0.4 is 139 Å². The van der Waals surface area contributed by atoms with Gasteiger partial charge in [-0.2, -0.15) is 53.7 Å². The molecule has 330 valence electrons. The first-order valence-electron chi connectivity index (χ1n) is 19.2. The van der Waals surface area contributed by atoms with Gasteiger partial charge in [-0.3, -0.25) is 0 Å². The number of likely N-dealkylation sites (N-methyl/N-ethyl adjacent to an activating group) is 1. The van der Waals surface area contributed by atoms with E-state index in [0.717, 1.165) is 12.1 Å². The van der Waals surface area contributed by atoms with Gasteiger partial charge in [-0.1, -0.05) is 23.9 Å². The number of aromatic nitrogens is 6. The summed E-state index contributed by atoms with van der Waals surface area (Å²) in [7, 11) is -7.88. The molecule has 0 saturated carbocycles. The third-order valence-corrected chi connectivity index (χ3v) is 10.7. The van der Waals surface area contributed by atoms with E-state index in [-0.39, 0.29) is 185 Å². The van der Waals surface area contributed by atoms with E-state index < -0.39 is 49.0 Å². The maximum absolute atomic E-state index is 12.5. The number of anilines is 6. The van der Waals surface area contributed by atoms with Gasteiger partial charge in [-0.25, -0.2) is 16.8 Å². The van der Waals surface area contributed by atoms with Crippen molar-refractivity contribution in [3.63, 3.8) is 0 Å². The molecule has 0 aliphatic carbocycles. The van der Waals surface area contributed by atoms with Crippen molar-refractivity contribution in [3.8, 4) is 0 Å². The van der Waals surface area contributed by atoms with E-state index in [9.17, 15) is 41.3 Å². The van der Waals surface area contributed by atoms with Gasteiger partial charge in [0.15, 0.2) is 0 Å². The van der Waals surface area contributed by atoms with Gasteiger partial charge in [0.2, 0.25) is 23.8 Å². The van der Waals surface area contributed by atoms with Crippen molar-refractivity contribution in [3.05, 3.63) is 131 Å². The average molecular weight is 987 g/mol. The molecule has 0 saturated heterocycles. The van der Waals surface area contributed by atoms with Crippen molar-refractivity contribution in [2.75, 3.05) is 47.3 Å². The molecule has 2 unspecified atom stereocenters. The van der Waals surface area contributed by atoms with E-state index in [4.69, 9.17) is 0 Å². The zero-order valence-corrected chi connectivity index (χ0v) is 47.7. The molecule has 25 heteroatoms. The summed E-state index contributed by atoms with van der Waals surface area (Å²) in [5.41, 5.74) is 2.92. The number of rotatable bonds is 19. The maximum Gasteiger partial charge on any atom is 1.00 e. The van der Waals surface area contributed by atoms with Crippen LogP contribution in [0.3, 0.4) is 0 Å². The first-order chi connectivity index (χ1) is 29.9. The van der Waals surface area contributed by atoms with Crippen LogP contribution in [0.5, 0.6) is 0 Å². The first-order valence-corrected chi connectivity index (χ1v) is 22.0. The molecule has 0 aliphatic heterocycles. The van der Waals surface area contributed by atoms with Crippen LogP contribution in [0.4, 0.5) is 35.2 Å². The van der Waals surface area contributed by atoms with Crippen molar-refractivity contribution in [2.24, 2.45) is 0 Å². The fourth-order valence-corrected chi connectivity index (χ4v) is 7.29. The Kier molecular flexibility index (Phi) is 25.2. The number of hydrogen-bond acceptors (Lipinski definition) is 19. The summed E-state index contributed by atoms with van der Waals surface area (Å²) < 4.78 is 71.7. The van der Waals surface area contributed by atoms with Crippen molar-refractivity contribution in [2.45, 2.75) is 48.7 Å². The molecule has 6 aromatic rings. The number of aliphatic hydroxyl groups is 3. The van der Waals surface area contributed by atoms with Crippen LogP contribution in [0.25, 0.3) is 12.2 Å². The van der Waals surface area contributed by atoms with Gasteiger partial charge in [0, 0.05) is 32.2 Å². The zero-order valence-electron chi connectivity index (χ0n) is 38.1. The van der Waals surface area contributed by atoms with E-state index in [0.29, 0.717) is 28.1 Å². The molecule has 0 aliphatic rings. The van der Waals surface area contributed by atoms with E-state index in [1.165, 1.54) is 42.2 Å². The minimum atomic E-state index is -4.94. The molecule has 0 amide bonds. The van der Waals surface area contributed by atoms with E-state index in [1.807, 2.05) is 0 Å². The Balaban J connectivity index is 0.00000385. The topological polar surface area (TPSA) is 283 Å². The van der Waals surface area contributed by atoms with Crippen LogP contribution in [-0.4, -0.2) is 110 Å². The number of nitrogens with one attached hydrogen (secondary N) is 2. The summed E-state index contributed by atoms with van der Waals surface area (Å²) >= 11 is 0. The average Bonchev–Trinajstić information content (AvgIpc) is 3.22. The Morgan fingerprint density at radius 3 is 1.78 bits per heavy atom. The monoisotopic (exact) mass is 986 g/mol. The number of benzene rings is 4. The van der Waals surface area contributed by atoms with Crippen LogP contribution in [0.2, 0.25) is 0 Å². The second-order valence-corrected chi connectivity index (χ2v) is 17.1. The van der Waals surface area contributed by atoms with Gasteiger partial charge in [0.05, 0.1) is 22.0 Å². The summed E-state index contributed by atoms with van der Waals surface area (Å²) in [5.74, 6) is 1.12. The molecule has 5 N–H and O–H groups in total. The van der Waals surface area contributed by atoms with E-state index in [1.54, 1.807) is 73.5 Å². The third kappa shape index (κ3) is 18.7.